The van der Waals surface area contributed by atoms with Crippen LogP contribution in [0.2, 0.25) is 0 Å². The Labute approximate surface area is 110 Å². The average Bonchev–Trinajstić information content (AvgIpc) is 2.26. The van der Waals surface area contributed by atoms with Gasteiger partial charge in [-0.3, -0.25) is 14.9 Å². The molecule has 1 saturated carbocycles. The molecular weight excluding hydrogens is 248 g/mol. The third-order valence-corrected chi connectivity index (χ3v) is 3.80. The Kier molecular flexibility index (Phi) is 3.42. The number of nitro benzene ring substituents is 1. The molecule has 2 rings (SSSR count). The minimum absolute atomic E-state index is 0.0161. The summed E-state index contributed by atoms with van der Waals surface area (Å²) in [5, 5.41) is 23.2. The Morgan fingerprint density at radius 3 is 2.68 bits per heavy atom. The molecule has 1 aromatic rings. The molecule has 19 heavy (non-hydrogen) atoms. The van der Waals surface area contributed by atoms with Gasteiger partial charge in [0.2, 0.25) is 0 Å². The highest BCUT2D eigenvalue weighted by Gasteiger charge is 2.44. The van der Waals surface area contributed by atoms with Crippen molar-refractivity contribution in [3.8, 4) is 0 Å². The number of anilines is 1. The number of hydrogen-bond acceptors (Lipinski definition) is 4. The molecular formula is C13H16N2O4. The molecule has 1 aromatic carbocycles. The molecule has 0 amide bonds. The van der Waals surface area contributed by atoms with E-state index in [9.17, 15) is 20.0 Å². The van der Waals surface area contributed by atoms with Crippen LogP contribution < -0.4 is 5.32 Å². The Balaban J connectivity index is 2.18. The molecule has 0 atom stereocenters. The first-order valence-corrected chi connectivity index (χ1v) is 6.17. The predicted molar refractivity (Wildman–Crippen MR) is 70.2 cm³/mol. The molecule has 6 nitrogen and oxygen atoms in total. The zero-order valence-electron chi connectivity index (χ0n) is 10.7. The van der Waals surface area contributed by atoms with Crippen LogP contribution in [-0.2, 0) is 4.79 Å². The highest BCUT2D eigenvalue weighted by molar-refractivity contribution is 5.77. The van der Waals surface area contributed by atoms with Gasteiger partial charge in [0.05, 0.1) is 10.3 Å². The van der Waals surface area contributed by atoms with E-state index >= 15 is 0 Å². The summed E-state index contributed by atoms with van der Waals surface area (Å²) in [6, 6.07) is 5.00. The Bertz CT molecular complexity index is 523. The van der Waals surface area contributed by atoms with Crippen LogP contribution in [0.3, 0.4) is 0 Å². The molecule has 0 aromatic heterocycles. The van der Waals surface area contributed by atoms with Crippen molar-refractivity contribution < 1.29 is 14.8 Å². The summed E-state index contributed by atoms with van der Waals surface area (Å²) < 4.78 is 0. The van der Waals surface area contributed by atoms with Gasteiger partial charge in [0.1, 0.15) is 5.69 Å². The lowest BCUT2D eigenvalue weighted by Crippen LogP contribution is -2.43. The highest BCUT2D eigenvalue weighted by atomic mass is 16.6. The van der Waals surface area contributed by atoms with E-state index in [4.69, 9.17) is 0 Å². The summed E-state index contributed by atoms with van der Waals surface area (Å²) in [6.45, 7) is 1.90. The molecule has 102 valence electrons. The zero-order chi connectivity index (χ0) is 14.0. The number of para-hydroxylation sites is 1. The molecule has 0 aliphatic heterocycles. The molecule has 0 spiro atoms. The van der Waals surface area contributed by atoms with Gasteiger partial charge in [-0.15, -0.1) is 0 Å². The molecule has 1 fully saturated rings. The van der Waals surface area contributed by atoms with E-state index in [-0.39, 0.29) is 12.2 Å². The number of nitrogens with one attached hydrogen (secondary N) is 1. The largest absolute Gasteiger partial charge is 0.481 e. The van der Waals surface area contributed by atoms with Crippen molar-refractivity contribution >= 4 is 17.3 Å². The summed E-state index contributed by atoms with van der Waals surface area (Å²) in [7, 11) is 0. The molecule has 0 heterocycles. The van der Waals surface area contributed by atoms with Gasteiger partial charge in [0.15, 0.2) is 0 Å². The smallest absolute Gasteiger partial charge is 0.311 e. The zero-order valence-corrected chi connectivity index (χ0v) is 10.7. The van der Waals surface area contributed by atoms with Crippen molar-refractivity contribution in [2.24, 2.45) is 5.41 Å². The number of carboxylic acid groups (broad SMARTS) is 1. The van der Waals surface area contributed by atoms with E-state index in [1.54, 1.807) is 25.1 Å². The number of rotatable bonds is 5. The van der Waals surface area contributed by atoms with Crippen LogP contribution in [0.25, 0.3) is 0 Å². The quantitative estimate of drug-likeness (QED) is 0.629. The Morgan fingerprint density at radius 1 is 1.53 bits per heavy atom. The van der Waals surface area contributed by atoms with E-state index < -0.39 is 16.3 Å². The van der Waals surface area contributed by atoms with Crippen molar-refractivity contribution in [2.45, 2.75) is 26.2 Å². The topological polar surface area (TPSA) is 92.5 Å². The second-order valence-corrected chi connectivity index (χ2v) is 5.02. The van der Waals surface area contributed by atoms with Crippen molar-refractivity contribution in [1.29, 1.82) is 0 Å². The van der Waals surface area contributed by atoms with Gasteiger partial charge in [0, 0.05) is 12.1 Å². The third-order valence-electron chi connectivity index (χ3n) is 3.80. The number of benzene rings is 1. The number of carbonyl (C=O) groups is 1. The molecule has 2 N–H and O–H groups in total. The normalized spacial score (nSPS) is 16.5. The summed E-state index contributed by atoms with van der Waals surface area (Å²) >= 11 is 0. The number of aliphatic carboxylic acids is 1. The van der Waals surface area contributed by atoms with Gasteiger partial charge in [-0.25, -0.2) is 0 Å². The molecule has 1 aliphatic rings. The van der Waals surface area contributed by atoms with Gasteiger partial charge in [-0.1, -0.05) is 18.6 Å². The summed E-state index contributed by atoms with van der Waals surface area (Å²) in [5.74, 6) is -0.832. The van der Waals surface area contributed by atoms with Crippen LogP contribution in [0.15, 0.2) is 18.2 Å². The number of aryl methyl sites for hydroxylation is 1. The first-order valence-electron chi connectivity index (χ1n) is 6.17. The van der Waals surface area contributed by atoms with Crippen LogP contribution in [0, 0.1) is 22.5 Å². The number of carboxylic acids is 1. The predicted octanol–water partition coefficient (Wildman–Crippen LogP) is 2.57. The summed E-state index contributed by atoms with van der Waals surface area (Å²) in [4.78, 5) is 21.8. The number of nitrogens with zero attached hydrogens (tertiary/aromatic N) is 1. The maximum Gasteiger partial charge on any atom is 0.311 e. The molecule has 0 unspecified atom stereocenters. The minimum Gasteiger partial charge on any atom is -0.481 e. The first-order chi connectivity index (χ1) is 8.96. The lowest BCUT2D eigenvalue weighted by molar-refractivity contribution is -0.384. The van der Waals surface area contributed by atoms with Crippen LogP contribution >= 0.6 is 0 Å². The first kappa shape index (κ1) is 13.3. The lowest BCUT2D eigenvalue weighted by atomic mass is 9.69. The van der Waals surface area contributed by atoms with Crippen LogP contribution in [0.5, 0.6) is 0 Å². The van der Waals surface area contributed by atoms with E-state index in [0.29, 0.717) is 24.1 Å². The van der Waals surface area contributed by atoms with Crippen molar-refractivity contribution in [3.05, 3.63) is 33.9 Å². The monoisotopic (exact) mass is 264 g/mol. The highest BCUT2D eigenvalue weighted by Crippen LogP contribution is 2.41. The standard InChI is InChI=1S/C13H16N2O4/c1-9-4-2-5-10(11(9)15(18)19)14-8-13(12(16)17)6-3-7-13/h2,4-5,14H,3,6-8H2,1H3,(H,16,17). The van der Waals surface area contributed by atoms with Crippen LogP contribution in [0.4, 0.5) is 11.4 Å². The van der Waals surface area contributed by atoms with Crippen LogP contribution in [-0.4, -0.2) is 22.5 Å². The maximum atomic E-state index is 11.2. The molecule has 0 bridgehead atoms. The van der Waals surface area contributed by atoms with Crippen molar-refractivity contribution in [1.82, 2.24) is 0 Å². The lowest BCUT2D eigenvalue weighted by Gasteiger charge is -2.37. The number of hydrogen-bond donors (Lipinski definition) is 2. The SMILES string of the molecule is Cc1cccc(NCC2(C(=O)O)CCC2)c1[N+](=O)[O-]. The molecule has 0 radical (unpaired) electrons. The average molecular weight is 264 g/mol. The van der Waals surface area contributed by atoms with E-state index in [2.05, 4.69) is 5.32 Å². The second-order valence-electron chi connectivity index (χ2n) is 5.02. The van der Waals surface area contributed by atoms with Gasteiger partial charge >= 0.3 is 5.97 Å². The minimum atomic E-state index is -0.832. The fourth-order valence-electron chi connectivity index (χ4n) is 2.38. The maximum absolute atomic E-state index is 11.2. The summed E-state index contributed by atoms with van der Waals surface area (Å²) in [5.41, 5.74) is 0.199. The van der Waals surface area contributed by atoms with Gasteiger partial charge in [0.25, 0.3) is 5.69 Å². The molecule has 1 aliphatic carbocycles. The summed E-state index contributed by atoms with van der Waals surface area (Å²) in [6.07, 6.45) is 2.13. The Morgan fingerprint density at radius 2 is 2.21 bits per heavy atom. The Hall–Kier alpha value is -2.11. The van der Waals surface area contributed by atoms with Crippen molar-refractivity contribution in [3.63, 3.8) is 0 Å². The van der Waals surface area contributed by atoms with Gasteiger partial charge in [-0.2, -0.15) is 0 Å². The third kappa shape index (κ3) is 2.38. The van der Waals surface area contributed by atoms with E-state index in [1.807, 2.05) is 0 Å². The fourth-order valence-corrected chi connectivity index (χ4v) is 2.38. The van der Waals surface area contributed by atoms with Crippen molar-refractivity contribution in [2.75, 3.05) is 11.9 Å². The van der Waals surface area contributed by atoms with E-state index in [0.717, 1.165) is 6.42 Å². The molecule has 0 saturated heterocycles. The van der Waals surface area contributed by atoms with Crippen LogP contribution in [0.1, 0.15) is 24.8 Å². The van der Waals surface area contributed by atoms with E-state index in [1.165, 1.54) is 0 Å². The fraction of sp³-hybridized carbons (Fsp3) is 0.462. The van der Waals surface area contributed by atoms with Gasteiger partial charge < -0.3 is 10.4 Å². The van der Waals surface area contributed by atoms with Gasteiger partial charge in [-0.05, 0) is 25.8 Å². The number of nitro groups is 1. The molecule has 6 heteroatoms. The second kappa shape index (κ2) is 4.87.